The second kappa shape index (κ2) is 20.7. The number of nitrogens with one attached hydrogen (secondary N) is 2. The minimum atomic E-state index is -4.74. The number of hydrogen-bond acceptors (Lipinski definition) is 5. The van der Waals surface area contributed by atoms with Gasteiger partial charge >= 0.3 is 59.1 Å². The van der Waals surface area contributed by atoms with Crippen LogP contribution in [0.5, 0.6) is 0 Å². The fourth-order valence-electron chi connectivity index (χ4n) is 2.71. The summed E-state index contributed by atoms with van der Waals surface area (Å²) in [6.45, 7) is 3.82. The quantitative estimate of drug-likeness (QED) is 0.0820. The second-order valence-electron chi connectivity index (χ2n) is 6.92. The maximum atomic E-state index is 11.8. The van der Waals surface area contributed by atoms with E-state index in [9.17, 15) is 18.0 Å². The van der Waals surface area contributed by atoms with Crippen LogP contribution in [0.3, 0.4) is 0 Å². The Morgan fingerprint density at radius 1 is 0.931 bits per heavy atom. The Balaban J connectivity index is -0.000000563. The van der Waals surface area contributed by atoms with Crippen molar-refractivity contribution in [3.63, 3.8) is 0 Å². The van der Waals surface area contributed by atoms with E-state index in [4.69, 9.17) is 9.66 Å². The van der Waals surface area contributed by atoms with Gasteiger partial charge in [-0.3, -0.25) is 14.1 Å². The van der Waals surface area contributed by atoms with Crippen LogP contribution in [-0.2, 0) is 19.7 Å². The summed E-state index contributed by atoms with van der Waals surface area (Å²) < 4.78 is 31.7. The second-order valence-corrected chi connectivity index (χ2v) is 8.52. The molecule has 0 aliphatic carbocycles. The Hall–Kier alpha value is 0.810. The van der Waals surface area contributed by atoms with E-state index in [0.29, 0.717) is 6.54 Å². The van der Waals surface area contributed by atoms with Crippen LogP contribution in [0.15, 0.2) is 0 Å². The summed E-state index contributed by atoms with van der Waals surface area (Å²) in [5.74, 6) is -1.74. The number of unbranched alkanes of at least 4 members (excludes halogenated alkanes) is 9. The van der Waals surface area contributed by atoms with Gasteiger partial charge < -0.3 is 18.6 Å². The molecule has 0 heterocycles. The van der Waals surface area contributed by atoms with Crippen LogP contribution in [0.2, 0.25) is 0 Å². The fraction of sp³-hybridized carbons (Fsp3) is 0.889. The van der Waals surface area contributed by atoms with Crippen LogP contribution in [0.4, 0.5) is 0 Å². The molecule has 0 aliphatic heterocycles. The zero-order chi connectivity index (χ0) is 20.7. The number of amides is 2. The van der Waals surface area contributed by atoms with Crippen molar-refractivity contribution in [2.24, 2.45) is 0 Å². The smallest absolute Gasteiger partial charge is 1.00 e. The molecule has 0 rings (SSSR count). The van der Waals surface area contributed by atoms with Crippen molar-refractivity contribution in [2.75, 3.05) is 6.54 Å². The van der Waals surface area contributed by atoms with E-state index in [-0.39, 0.29) is 62.0 Å². The van der Waals surface area contributed by atoms with Crippen molar-refractivity contribution < 1.29 is 89.6 Å². The predicted molar refractivity (Wildman–Crippen MR) is 107 cm³/mol. The summed E-state index contributed by atoms with van der Waals surface area (Å²) in [6, 6.07) is 0. The molecule has 2 unspecified atom stereocenters. The molecule has 0 radical (unpaired) electrons. The first-order valence-electron chi connectivity index (χ1n) is 9.90. The monoisotopic (exact) mass is 456 g/mol. The van der Waals surface area contributed by atoms with Crippen LogP contribution in [0.1, 0.15) is 87.3 Å². The van der Waals surface area contributed by atoms with E-state index in [1.807, 2.05) is 5.32 Å². The summed E-state index contributed by atoms with van der Waals surface area (Å²) in [7, 11) is -4.74. The molecule has 2 amide bonds. The van der Waals surface area contributed by atoms with Gasteiger partial charge in [-0.05, 0) is 13.3 Å². The van der Waals surface area contributed by atoms with Gasteiger partial charge in [0.1, 0.15) is 6.23 Å². The first kappa shape index (κ1) is 34.4. The van der Waals surface area contributed by atoms with Gasteiger partial charge in [0.05, 0.1) is 6.42 Å². The molecule has 0 bridgehead atoms. The summed E-state index contributed by atoms with van der Waals surface area (Å²) in [5.41, 5.74) is 0. The van der Waals surface area contributed by atoms with Crippen molar-refractivity contribution in [1.29, 1.82) is 0 Å². The zero-order valence-corrected chi connectivity index (χ0v) is 23.4. The SMILES string of the molecule is CCCCCCCCCCCCNC(=O)CC(C(=O)NC(C)O)S(=O)(=O)O.[H-].[H-].[Na+].[Na+]. The topological polar surface area (TPSA) is 133 Å². The van der Waals surface area contributed by atoms with Crippen molar-refractivity contribution in [1.82, 2.24) is 10.6 Å². The van der Waals surface area contributed by atoms with Crippen molar-refractivity contribution in [3.05, 3.63) is 0 Å². The third-order valence-corrected chi connectivity index (χ3v) is 5.33. The molecule has 11 heteroatoms. The first-order valence-corrected chi connectivity index (χ1v) is 11.4. The van der Waals surface area contributed by atoms with E-state index >= 15 is 0 Å². The number of hydrogen-bond donors (Lipinski definition) is 4. The molecule has 4 N–H and O–H groups in total. The van der Waals surface area contributed by atoms with E-state index < -0.39 is 39.8 Å². The number of carbonyl (C=O) groups is 2. The molecule has 0 aromatic heterocycles. The molecule has 0 spiro atoms. The van der Waals surface area contributed by atoms with Crippen molar-refractivity contribution in [2.45, 2.75) is 96.0 Å². The van der Waals surface area contributed by atoms with Crippen LogP contribution in [0.25, 0.3) is 0 Å². The number of carbonyl (C=O) groups excluding carboxylic acids is 2. The minimum Gasteiger partial charge on any atom is -1.00 e. The van der Waals surface area contributed by atoms with Gasteiger partial charge in [-0.1, -0.05) is 64.7 Å². The zero-order valence-electron chi connectivity index (χ0n) is 20.6. The number of aliphatic hydroxyl groups is 1. The van der Waals surface area contributed by atoms with Crippen molar-refractivity contribution >= 4 is 21.9 Å². The summed E-state index contributed by atoms with van der Waals surface area (Å²) in [4.78, 5) is 23.5. The van der Waals surface area contributed by atoms with E-state index in [0.717, 1.165) is 19.3 Å². The Morgan fingerprint density at radius 3 is 1.79 bits per heavy atom. The van der Waals surface area contributed by atoms with E-state index in [1.54, 1.807) is 0 Å². The summed E-state index contributed by atoms with van der Waals surface area (Å²) >= 11 is 0. The maximum absolute atomic E-state index is 11.8. The van der Waals surface area contributed by atoms with E-state index in [1.165, 1.54) is 51.9 Å². The predicted octanol–water partition coefficient (Wildman–Crippen LogP) is -3.64. The maximum Gasteiger partial charge on any atom is 1.00 e. The number of aliphatic hydroxyl groups excluding tert-OH is 1. The van der Waals surface area contributed by atoms with Gasteiger partial charge in [0, 0.05) is 6.54 Å². The Kier molecular flexibility index (Phi) is 24.6. The molecular weight excluding hydrogens is 418 g/mol. The van der Waals surface area contributed by atoms with Gasteiger partial charge in [-0.25, -0.2) is 0 Å². The Bertz CT molecular complexity index is 543. The fourth-order valence-corrected chi connectivity index (χ4v) is 3.41. The molecule has 0 aliphatic rings. The molecule has 0 fully saturated rings. The van der Waals surface area contributed by atoms with Crippen LogP contribution in [-0.4, -0.2) is 47.9 Å². The van der Waals surface area contributed by atoms with Gasteiger partial charge in [0.2, 0.25) is 11.8 Å². The molecule has 0 aromatic rings. The summed E-state index contributed by atoms with van der Waals surface area (Å²) in [6.07, 6.45) is 9.69. The van der Waals surface area contributed by atoms with Gasteiger partial charge in [0.15, 0.2) is 5.25 Å². The third kappa shape index (κ3) is 20.5. The molecule has 164 valence electrons. The van der Waals surface area contributed by atoms with Crippen LogP contribution < -0.4 is 69.7 Å². The van der Waals surface area contributed by atoms with E-state index in [2.05, 4.69) is 12.2 Å². The van der Waals surface area contributed by atoms with Crippen LogP contribution >= 0.6 is 0 Å². The third-order valence-electron chi connectivity index (χ3n) is 4.23. The first-order chi connectivity index (χ1) is 12.7. The normalized spacial score (nSPS) is 12.8. The standard InChI is InChI=1S/C18H36N2O6S.2Na.2H/c1-3-4-5-6-7-8-9-10-11-12-13-19-17(22)14-16(27(24,25)26)18(23)20-15(2)21;;;;/h15-16,21H,3-14H2,1-2H3,(H,19,22)(H,20,23)(H,24,25,26);;;;/q;2*+1;2*-1. The largest absolute Gasteiger partial charge is 1.00 e. The Morgan fingerprint density at radius 2 is 1.38 bits per heavy atom. The molecular formula is C18H38N2Na2O6S. The summed E-state index contributed by atoms with van der Waals surface area (Å²) in [5, 5.41) is 11.7. The molecule has 0 saturated heterocycles. The molecule has 8 nitrogen and oxygen atoms in total. The Labute approximate surface area is 223 Å². The van der Waals surface area contributed by atoms with Gasteiger partial charge in [0.25, 0.3) is 10.1 Å². The average molecular weight is 457 g/mol. The van der Waals surface area contributed by atoms with Gasteiger partial charge in [-0.2, -0.15) is 8.42 Å². The average Bonchev–Trinajstić information content (AvgIpc) is 2.55. The molecule has 2 atom stereocenters. The molecule has 29 heavy (non-hydrogen) atoms. The molecule has 0 saturated carbocycles. The van der Waals surface area contributed by atoms with Crippen molar-refractivity contribution in [3.8, 4) is 0 Å². The minimum absolute atomic E-state index is 0. The van der Waals surface area contributed by atoms with Crippen LogP contribution in [0, 0.1) is 0 Å². The number of rotatable bonds is 16. The van der Waals surface area contributed by atoms with Gasteiger partial charge in [-0.15, -0.1) is 0 Å². The molecule has 0 aromatic carbocycles.